The Labute approximate surface area is 98.3 Å². The summed E-state index contributed by atoms with van der Waals surface area (Å²) >= 11 is 3.42. The van der Waals surface area contributed by atoms with Crippen molar-refractivity contribution in [3.63, 3.8) is 0 Å². The predicted octanol–water partition coefficient (Wildman–Crippen LogP) is 4.13. The Morgan fingerprint density at radius 1 is 1.07 bits per heavy atom. The van der Waals surface area contributed by atoms with Gasteiger partial charge in [0.2, 0.25) is 0 Å². The molecule has 0 N–H and O–H groups in total. The van der Waals surface area contributed by atoms with Gasteiger partial charge in [-0.1, -0.05) is 29.8 Å². The summed E-state index contributed by atoms with van der Waals surface area (Å²) in [5, 5.41) is 0. The van der Waals surface area contributed by atoms with E-state index >= 15 is 0 Å². The van der Waals surface area contributed by atoms with Gasteiger partial charge in [0.15, 0.2) is 0 Å². The van der Waals surface area contributed by atoms with Crippen LogP contribution < -0.4 is 0 Å². The van der Waals surface area contributed by atoms with Crippen molar-refractivity contribution in [2.75, 3.05) is 0 Å². The second-order valence-electron chi connectivity index (χ2n) is 3.69. The Morgan fingerprint density at radius 3 is 2.33 bits per heavy atom. The molecule has 2 heteroatoms. The molecule has 0 radical (unpaired) electrons. The van der Waals surface area contributed by atoms with Crippen molar-refractivity contribution >= 4 is 15.9 Å². The third kappa shape index (κ3) is 2.26. The van der Waals surface area contributed by atoms with Gasteiger partial charge in [-0.3, -0.25) is 4.98 Å². The number of nitrogens with zero attached hydrogens (tertiary/aromatic N) is 1. The Bertz CT molecular complexity index is 474. The van der Waals surface area contributed by atoms with Crippen molar-refractivity contribution in [3.8, 4) is 11.3 Å². The average Bonchev–Trinajstić information content (AvgIpc) is 2.20. The summed E-state index contributed by atoms with van der Waals surface area (Å²) < 4.78 is 1.02. The quantitative estimate of drug-likeness (QED) is 0.753. The van der Waals surface area contributed by atoms with Gasteiger partial charge in [-0.05, 0) is 41.4 Å². The molecule has 0 saturated carbocycles. The lowest BCUT2D eigenvalue weighted by atomic mass is 10.1. The molecule has 0 saturated heterocycles. The molecule has 0 atom stereocenters. The van der Waals surface area contributed by atoms with Gasteiger partial charge in [0.1, 0.15) is 0 Å². The predicted molar refractivity (Wildman–Crippen MR) is 66.8 cm³/mol. The largest absolute Gasteiger partial charge is 0.255 e. The first-order chi connectivity index (χ1) is 7.16. The summed E-state index contributed by atoms with van der Waals surface area (Å²) in [6.45, 7) is 4.17. The van der Waals surface area contributed by atoms with Gasteiger partial charge < -0.3 is 0 Å². The van der Waals surface area contributed by atoms with E-state index < -0.39 is 0 Å². The zero-order chi connectivity index (χ0) is 10.8. The first-order valence-electron chi connectivity index (χ1n) is 4.86. The number of aromatic nitrogens is 1. The monoisotopic (exact) mass is 261 g/mol. The van der Waals surface area contributed by atoms with Crippen molar-refractivity contribution in [2.45, 2.75) is 13.8 Å². The highest BCUT2D eigenvalue weighted by molar-refractivity contribution is 9.10. The molecule has 1 aromatic carbocycles. The number of hydrogen-bond donors (Lipinski definition) is 0. The van der Waals surface area contributed by atoms with Gasteiger partial charge >= 0.3 is 0 Å². The Balaban J connectivity index is 2.49. The molecular weight excluding hydrogens is 250 g/mol. The molecule has 0 unspecified atom stereocenters. The lowest BCUT2D eigenvalue weighted by Gasteiger charge is -2.05. The molecule has 2 rings (SSSR count). The number of halogens is 1. The van der Waals surface area contributed by atoms with Crippen molar-refractivity contribution in [1.82, 2.24) is 4.98 Å². The van der Waals surface area contributed by atoms with E-state index in [9.17, 15) is 0 Å². The van der Waals surface area contributed by atoms with Crippen LogP contribution in [0, 0.1) is 13.8 Å². The lowest BCUT2D eigenvalue weighted by molar-refractivity contribution is 1.25. The highest BCUT2D eigenvalue weighted by Crippen LogP contribution is 2.23. The van der Waals surface area contributed by atoms with Crippen LogP contribution >= 0.6 is 15.9 Å². The SMILES string of the molecule is Cc1ccc(-c2ncc(Br)cc2C)cc1. The molecule has 0 aliphatic carbocycles. The Hall–Kier alpha value is -1.15. The van der Waals surface area contributed by atoms with Gasteiger partial charge in [-0.25, -0.2) is 0 Å². The third-order valence-electron chi connectivity index (χ3n) is 2.37. The van der Waals surface area contributed by atoms with Gasteiger partial charge in [-0.2, -0.15) is 0 Å². The second-order valence-corrected chi connectivity index (χ2v) is 4.60. The third-order valence-corrected chi connectivity index (χ3v) is 2.80. The number of benzene rings is 1. The van der Waals surface area contributed by atoms with Crippen LogP contribution in [0.1, 0.15) is 11.1 Å². The molecule has 1 heterocycles. The number of rotatable bonds is 1. The van der Waals surface area contributed by atoms with Crippen LogP contribution in [0.5, 0.6) is 0 Å². The maximum atomic E-state index is 4.43. The molecule has 0 fully saturated rings. The summed E-state index contributed by atoms with van der Waals surface area (Å²) in [6, 6.07) is 10.5. The molecule has 0 aliphatic heterocycles. The van der Waals surface area contributed by atoms with Gasteiger partial charge in [0.05, 0.1) is 5.69 Å². The minimum absolute atomic E-state index is 1.02. The molecule has 0 spiro atoms. The summed E-state index contributed by atoms with van der Waals surface area (Å²) in [4.78, 5) is 4.43. The minimum atomic E-state index is 1.02. The van der Waals surface area contributed by atoms with Gasteiger partial charge in [-0.15, -0.1) is 0 Å². The fraction of sp³-hybridized carbons (Fsp3) is 0.154. The van der Waals surface area contributed by atoms with Crippen LogP contribution in [-0.4, -0.2) is 4.98 Å². The van der Waals surface area contributed by atoms with Crippen molar-refractivity contribution < 1.29 is 0 Å². The fourth-order valence-corrected chi connectivity index (χ4v) is 2.00. The zero-order valence-electron chi connectivity index (χ0n) is 8.79. The molecule has 0 amide bonds. The van der Waals surface area contributed by atoms with Crippen LogP contribution in [0.4, 0.5) is 0 Å². The molecule has 0 bridgehead atoms. The van der Waals surface area contributed by atoms with E-state index in [1.165, 1.54) is 16.7 Å². The second kappa shape index (κ2) is 4.15. The first-order valence-corrected chi connectivity index (χ1v) is 5.65. The van der Waals surface area contributed by atoms with Gasteiger partial charge in [0, 0.05) is 16.2 Å². The smallest absolute Gasteiger partial charge is 0.0731 e. The number of aryl methyl sites for hydroxylation is 2. The Morgan fingerprint density at radius 2 is 1.73 bits per heavy atom. The van der Waals surface area contributed by atoms with Crippen molar-refractivity contribution in [2.24, 2.45) is 0 Å². The summed E-state index contributed by atoms with van der Waals surface area (Å²) in [5.74, 6) is 0. The maximum absolute atomic E-state index is 4.43. The first kappa shape index (κ1) is 10.4. The normalized spacial score (nSPS) is 10.3. The van der Waals surface area contributed by atoms with Crippen LogP contribution in [-0.2, 0) is 0 Å². The van der Waals surface area contributed by atoms with Crippen LogP contribution in [0.25, 0.3) is 11.3 Å². The van der Waals surface area contributed by atoms with Crippen molar-refractivity contribution in [1.29, 1.82) is 0 Å². The topological polar surface area (TPSA) is 12.9 Å². The average molecular weight is 262 g/mol. The standard InChI is InChI=1S/C13H12BrN/c1-9-3-5-11(6-4-9)13-10(2)7-12(14)8-15-13/h3-8H,1-2H3. The molecular formula is C13H12BrN. The molecule has 1 aromatic heterocycles. The van der Waals surface area contributed by atoms with Crippen LogP contribution in [0.15, 0.2) is 41.0 Å². The minimum Gasteiger partial charge on any atom is -0.255 e. The van der Waals surface area contributed by atoms with E-state index in [1.54, 1.807) is 0 Å². The number of pyridine rings is 1. The fourth-order valence-electron chi connectivity index (χ4n) is 1.55. The van der Waals surface area contributed by atoms with E-state index in [4.69, 9.17) is 0 Å². The van der Waals surface area contributed by atoms with E-state index in [0.717, 1.165) is 10.2 Å². The highest BCUT2D eigenvalue weighted by Gasteiger charge is 2.03. The van der Waals surface area contributed by atoms with Crippen LogP contribution in [0.3, 0.4) is 0 Å². The highest BCUT2D eigenvalue weighted by atomic mass is 79.9. The molecule has 2 aromatic rings. The van der Waals surface area contributed by atoms with Crippen LogP contribution in [0.2, 0.25) is 0 Å². The Kier molecular flexibility index (Phi) is 2.87. The zero-order valence-corrected chi connectivity index (χ0v) is 10.4. The lowest BCUT2D eigenvalue weighted by Crippen LogP contribution is -1.88. The molecule has 76 valence electrons. The summed E-state index contributed by atoms with van der Waals surface area (Å²) in [6.07, 6.45) is 1.84. The van der Waals surface area contributed by atoms with E-state index in [0.29, 0.717) is 0 Å². The maximum Gasteiger partial charge on any atom is 0.0731 e. The number of hydrogen-bond acceptors (Lipinski definition) is 1. The van der Waals surface area contributed by atoms with E-state index in [-0.39, 0.29) is 0 Å². The van der Waals surface area contributed by atoms with E-state index in [2.05, 4.69) is 65.1 Å². The molecule has 0 aliphatic rings. The molecule has 15 heavy (non-hydrogen) atoms. The van der Waals surface area contributed by atoms with Crippen molar-refractivity contribution in [3.05, 3.63) is 52.1 Å². The van der Waals surface area contributed by atoms with E-state index in [1.807, 2.05) is 6.20 Å². The van der Waals surface area contributed by atoms with Gasteiger partial charge in [0.25, 0.3) is 0 Å². The summed E-state index contributed by atoms with van der Waals surface area (Å²) in [7, 11) is 0. The molecule has 1 nitrogen and oxygen atoms in total. The summed E-state index contributed by atoms with van der Waals surface area (Å²) in [5.41, 5.74) is 4.69.